The summed E-state index contributed by atoms with van der Waals surface area (Å²) in [4.78, 5) is 13.9. The lowest BCUT2D eigenvalue weighted by atomic mass is 9.90. The maximum atomic E-state index is 11.8. The first kappa shape index (κ1) is 9.97. The standard InChI is InChI=1S/C11H20N2O/c1-2-8-7-13(6-5-10(8)12)11(14)9-3-4-9/h8-10H,2-7,12H2,1H3/t8-,10+/m1/s1. The van der Waals surface area contributed by atoms with Crippen LogP contribution in [0.1, 0.15) is 32.6 Å². The van der Waals surface area contributed by atoms with Gasteiger partial charge >= 0.3 is 0 Å². The fraction of sp³-hybridized carbons (Fsp3) is 0.909. The van der Waals surface area contributed by atoms with Crippen molar-refractivity contribution in [1.82, 2.24) is 4.90 Å². The van der Waals surface area contributed by atoms with Crippen LogP contribution in [0.5, 0.6) is 0 Å². The molecule has 2 N–H and O–H groups in total. The number of nitrogens with two attached hydrogens (primary N) is 1. The number of hydrogen-bond acceptors (Lipinski definition) is 2. The van der Waals surface area contributed by atoms with E-state index in [2.05, 4.69) is 6.92 Å². The van der Waals surface area contributed by atoms with Crippen molar-refractivity contribution in [3.05, 3.63) is 0 Å². The Morgan fingerprint density at radius 3 is 2.71 bits per heavy atom. The highest BCUT2D eigenvalue weighted by Gasteiger charge is 2.36. The van der Waals surface area contributed by atoms with Crippen molar-refractivity contribution in [3.63, 3.8) is 0 Å². The Balaban J connectivity index is 1.91. The summed E-state index contributed by atoms with van der Waals surface area (Å²) in [5.41, 5.74) is 6.01. The second-order valence-electron chi connectivity index (χ2n) is 4.68. The quantitative estimate of drug-likeness (QED) is 0.715. The molecule has 0 aromatic rings. The molecule has 0 aromatic heterocycles. The fourth-order valence-corrected chi connectivity index (χ4v) is 2.27. The largest absolute Gasteiger partial charge is 0.342 e. The van der Waals surface area contributed by atoms with E-state index in [0.717, 1.165) is 38.8 Å². The van der Waals surface area contributed by atoms with Gasteiger partial charge in [-0.25, -0.2) is 0 Å². The second kappa shape index (κ2) is 3.89. The first-order chi connectivity index (χ1) is 6.72. The lowest BCUT2D eigenvalue weighted by Gasteiger charge is -2.36. The molecule has 80 valence electrons. The molecule has 3 nitrogen and oxygen atoms in total. The van der Waals surface area contributed by atoms with Gasteiger partial charge in [0.1, 0.15) is 0 Å². The molecule has 1 saturated heterocycles. The zero-order valence-electron chi connectivity index (χ0n) is 8.91. The Hall–Kier alpha value is -0.570. The molecule has 0 bridgehead atoms. The monoisotopic (exact) mass is 196 g/mol. The van der Waals surface area contributed by atoms with E-state index in [4.69, 9.17) is 5.73 Å². The van der Waals surface area contributed by atoms with Crippen molar-refractivity contribution in [2.45, 2.75) is 38.6 Å². The average molecular weight is 196 g/mol. The van der Waals surface area contributed by atoms with Crippen LogP contribution in [0.25, 0.3) is 0 Å². The summed E-state index contributed by atoms with van der Waals surface area (Å²) in [6.07, 6.45) is 4.29. The van der Waals surface area contributed by atoms with Crippen LogP contribution in [0.4, 0.5) is 0 Å². The van der Waals surface area contributed by atoms with Crippen LogP contribution in [0.3, 0.4) is 0 Å². The predicted octanol–water partition coefficient (Wildman–Crippen LogP) is 0.982. The van der Waals surface area contributed by atoms with E-state index >= 15 is 0 Å². The highest BCUT2D eigenvalue weighted by molar-refractivity contribution is 5.81. The molecular formula is C11H20N2O. The number of likely N-dealkylation sites (tertiary alicyclic amines) is 1. The van der Waals surface area contributed by atoms with Gasteiger partial charge in [-0.2, -0.15) is 0 Å². The maximum Gasteiger partial charge on any atom is 0.225 e. The Kier molecular flexibility index (Phi) is 2.77. The first-order valence-corrected chi connectivity index (χ1v) is 5.76. The van der Waals surface area contributed by atoms with Crippen LogP contribution in [-0.4, -0.2) is 29.9 Å². The molecule has 2 fully saturated rings. The second-order valence-corrected chi connectivity index (χ2v) is 4.68. The first-order valence-electron chi connectivity index (χ1n) is 5.76. The van der Waals surface area contributed by atoms with Crippen molar-refractivity contribution >= 4 is 5.91 Å². The van der Waals surface area contributed by atoms with Gasteiger partial charge in [0.05, 0.1) is 0 Å². The van der Waals surface area contributed by atoms with E-state index in [1.807, 2.05) is 4.90 Å². The SMILES string of the molecule is CC[C@@H]1CN(C(=O)C2CC2)CC[C@@H]1N. The molecule has 0 unspecified atom stereocenters. The number of carbonyl (C=O) groups excluding carboxylic acids is 1. The zero-order valence-corrected chi connectivity index (χ0v) is 8.91. The number of nitrogens with zero attached hydrogens (tertiary/aromatic N) is 1. The van der Waals surface area contributed by atoms with Crippen molar-refractivity contribution < 1.29 is 4.79 Å². The third-order valence-corrected chi connectivity index (χ3v) is 3.56. The van der Waals surface area contributed by atoms with Gasteiger partial charge in [0, 0.05) is 25.0 Å². The zero-order chi connectivity index (χ0) is 10.1. The van der Waals surface area contributed by atoms with Gasteiger partial charge < -0.3 is 10.6 Å². The van der Waals surface area contributed by atoms with Gasteiger partial charge in [0.25, 0.3) is 0 Å². The normalized spacial score (nSPS) is 33.1. The number of rotatable bonds is 2. The van der Waals surface area contributed by atoms with Gasteiger partial charge in [-0.15, -0.1) is 0 Å². The highest BCUT2D eigenvalue weighted by Crippen LogP contribution is 2.32. The number of hydrogen-bond donors (Lipinski definition) is 1. The maximum absolute atomic E-state index is 11.8. The molecule has 2 rings (SSSR count). The molecule has 1 saturated carbocycles. The van der Waals surface area contributed by atoms with E-state index in [9.17, 15) is 4.79 Å². The average Bonchev–Trinajstić information content (AvgIpc) is 3.01. The van der Waals surface area contributed by atoms with Crippen LogP contribution >= 0.6 is 0 Å². The Morgan fingerprint density at radius 2 is 2.14 bits per heavy atom. The van der Waals surface area contributed by atoms with Gasteiger partial charge in [-0.3, -0.25) is 4.79 Å². The molecule has 2 aliphatic rings. The van der Waals surface area contributed by atoms with E-state index in [1.54, 1.807) is 0 Å². The van der Waals surface area contributed by atoms with E-state index in [0.29, 0.717) is 23.8 Å². The minimum Gasteiger partial charge on any atom is -0.342 e. The summed E-state index contributed by atoms with van der Waals surface area (Å²) < 4.78 is 0. The van der Waals surface area contributed by atoms with E-state index in [-0.39, 0.29) is 0 Å². The molecule has 2 atom stereocenters. The van der Waals surface area contributed by atoms with Crippen LogP contribution < -0.4 is 5.73 Å². The Bertz CT molecular complexity index is 225. The molecule has 14 heavy (non-hydrogen) atoms. The van der Waals surface area contributed by atoms with Gasteiger partial charge in [-0.1, -0.05) is 13.3 Å². The molecule has 1 aliphatic heterocycles. The molecule has 3 heteroatoms. The van der Waals surface area contributed by atoms with Gasteiger partial charge in [-0.05, 0) is 25.2 Å². The minimum absolute atomic E-state index is 0.309. The van der Waals surface area contributed by atoms with Crippen LogP contribution in [0.15, 0.2) is 0 Å². The minimum atomic E-state index is 0.309. The smallest absolute Gasteiger partial charge is 0.225 e. The van der Waals surface area contributed by atoms with Crippen molar-refractivity contribution in [3.8, 4) is 0 Å². The Labute approximate surface area is 85.6 Å². The molecule has 0 radical (unpaired) electrons. The highest BCUT2D eigenvalue weighted by atomic mass is 16.2. The summed E-state index contributed by atoms with van der Waals surface area (Å²) in [7, 11) is 0. The molecule has 1 heterocycles. The van der Waals surface area contributed by atoms with Crippen molar-refractivity contribution in [1.29, 1.82) is 0 Å². The predicted molar refractivity (Wildman–Crippen MR) is 55.7 cm³/mol. The topological polar surface area (TPSA) is 46.3 Å². The van der Waals surface area contributed by atoms with E-state index < -0.39 is 0 Å². The summed E-state index contributed by atoms with van der Waals surface area (Å²) in [5, 5.41) is 0. The summed E-state index contributed by atoms with van der Waals surface area (Å²) in [6.45, 7) is 3.94. The molecule has 1 amide bonds. The van der Waals surface area contributed by atoms with Crippen molar-refractivity contribution in [2.75, 3.05) is 13.1 Å². The van der Waals surface area contributed by atoms with Gasteiger partial charge in [0.2, 0.25) is 5.91 Å². The summed E-state index contributed by atoms with van der Waals surface area (Å²) in [5.74, 6) is 1.27. The summed E-state index contributed by atoms with van der Waals surface area (Å²) >= 11 is 0. The lowest BCUT2D eigenvalue weighted by molar-refractivity contribution is -0.134. The van der Waals surface area contributed by atoms with Crippen LogP contribution in [0.2, 0.25) is 0 Å². The van der Waals surface area contributed by atoms with Gasteiger partial charge in [0.15, 0.2) is 0 Å². The molecule has 1 aliphatic carbocycles. The summed E-state index contributed by atoms with van der Waals surface area (Å²) in [6, 6.07) is 0.309. The van der Waals surface area contributed by atoms with Crippen LogP contribution in [-0.2, 0) is 4.79 Å². The third kappa shape index (κ3) is 1.92. The Morgan fingerprint density at radius 1 is 1.43 bits per heavy atom. The number of piperidine rings is 1. The van der Waals surface area contributed by atoms with Crippen molar-refractivity contribution in [2.24, 2.45) is 17.6 Å². The molecule has 0 spiro atoms. The van der Waals surface area contributed by atoms with Crippen LogP contribution in [0, 0.1) is 11.8 Å². The third-order valence-electron chi connectivity index (χ3n) is 3.56. The number of carbonyl (C=O) groups is 1. The number of amides is 1. The lowest BCUT2D eigenvalue weighted by Crippen LogP contribution is -2.49. The molecular weight excluding hydrogens is 176 g/mol. The fourth-order valence-electron chi connectivity index (χ4n) is 2.27. The van der Waals surface area contributed by atoms with E-state index in [1.165, 1.54) is 0 Å². The molecule has 0 aromatic carbocycles.